The van der Waals surface area contributed by atoms with Gasteiger partial charge in [-0.15, -0.1) is 0 Å². The lowest BCUT2D eigenvalue weighted by atomic mass is 10.1. The number of methoxy groups -OCH3 is 1. The van der Waals surface area contributed by atoms with E-state index >= 15 is 0 Å². The van der Waals surface area contributed by atoms with Crippen LogP contribution in [0.25, 0.3) is 0 Å². The third kappa shape index (κ3) is 4.23. The highest BCUT2D eigenvalue weighted by Gasteiger charge is 2.07. The summed E-state index contributed by atoms with van der Waals surface area (Å²) in [6.45, 7) is 5.57. The van der Waals surface area contributed by atoms with Crippen LogP contribution in [0.5, 0.6) is 11.5 Å². The van der Waals surface area contributed by atoms with Crippen LogP contribution in [-0.2, 0) is 6.54 Å². The highest BCUT2D eigenvalue weighted by atomic mass is 16.5. The fraction of sp³-hybridized carbons (Fsp3) is 0.333. The largest absolute Gasteiger partial charge is 0.493 e. The van der Waals surface area contributed by atoms with Gasteiger partial charge in [-0.1, -0.05) is 36.4 Å². The van der Waals surface area contributed by atoms with Gasteiger partial charge in [0.1, 0.15) is 0 Å². The second kappa shape index (κ2) is 7.70. The van der Waals surface area contributed by atoms with E-state index in [4.69, 9.17) is 9.47 Å². The van der Waals surface area contributed by atoms with Crippen LogP contribution in [0.1, 0.15) is 31.0 Å². The van der Waals surface area contributed by atoms with Gasteiger partial charge >= 0.3 is 0 Å². The summed E-state index contributed by atoms with van der Waals surface area (Å²) in [4.78, 5) is 0. The fourth-order valence-corrected chi connectivity index (χ4v) is 2.23. The topological polar surface area (TPSA) is 30.5 Å². The number of hydrogen-bond donors (Lipinski definition) is 1. The molecule has 0 spiro atoms. The Labute approximate surface area is 126 Å². The Morgan fingerprint density at radius 3 is 2.48 bits per heavy atom. The minimum Gasteiger partial charge on any atom is -0.493 e. The van der Waals surface area contributed by atoms with Crippen LogP contribution in [0.3, 0.4) is 0 Å². The molecule has 0 heterocycles. The average Bonchev–Trinajstić information content (AvgIpc) is 2.54. The van der Waals surface area contributed by atoms with Gasteiger partial charge in [0.05, 0.1) is 13.7 Å². The number of rotatable bonds is 7. The molecule has 1 atom stereocenters. The van der Waals surface area contributed by atoms with Crippen molar-refractivity contribution < 1.29 is 9.47 Å². The molecule has 0 saturated heterocycles. The minimum absolute atomic E-state index is 0.309. The van der Waals surface area contributed by atoms with Crippen molar-refractivity contribution in [2.45, 2.75) is 26.4 Å². The van der Waals surface area contributed by atoms with Gasteiger partial charge in [-0.25, -0.2) is 0 Å². The van der Waals surface area contributed by atoms with Crippen LogP contribution in [0.15, 0.2) is 48.5 Å². The lowest BCUT2D eigenvalue weighted by Gasteiger charge is -2.15. The SMILES string of the molecule is CCOc1cc(CN[C@@H](C)c2ccccc2)ccc1OC. The fourth-order valence-electron chi connectivity index (χ4n) is 2.23. The van der Waals surface area contributed by atoms with Crippen molar-refractivity contribution in [1.82, 2.24) is 5.32 Å². The van der Waals surface area contributed by atoms with Gasteiger partial charge in [0.2, 0.25) is 0 Å². The quantitative estimate of drug-likeness (QED) is 0.835. The van der Waals surface area contributed by atoms with Crippen LogP contribution in [-0.4, -0.2) is 13.7 Å². The molecule has 0 aromatic heterocycles. The maximum absolute atomic E-state index is 5.61. The summed E-state index contributed by atoms with van der Waals surface area (Å²) >= 11 is 0. The smallest absolute Gasteiger partial charge is 0.161 e. The first-order valence-electron chi connectivity index (χ1n) is 7.32. The number of hydrogen-bond acceptors (Lipinski definition) is 3. The zero-order valence-electron chi connectivity index (χ0n) is 12.9. The van der Waals surface area contributed by atoms with E-state index in [-0.39, 0.29) is 0 Å². The molecule has 2 aromatic rings. The van der Waals surface area contributed by atoms with Crippen molar-refractivity contribution in [1.29, 1.82) is 0 Å². The van der Waals surface area contributed by atoms with Crippen molar-refractivity contribution in [2.24, 2.45) is 0 Å². The van der Waals surface area contributed by atoms with Crippen LogP contribution in [0, 0.1) is 0 Å². The number of benzene rings is 2. The Morgan fingerprint density at radius 2 is 1.81 bits per heavy atom. The van der Waals surface area contributed by atoms with E-state index in [2.05, 4.69) is 42.6 Å². The van der Waals surface area contributed by atoms with E-state index in [0.29, 0.717) is 12.6 Å². The summed E-state index contributed by atoms with van der Waals surface area (Å²) < 4.78 is 10.9. The predicted molar refractivity (Wildman–Crippen MR) is 85.9 cm³/mol. The molecule has 112 valence electrons. The highest BCUT2D eigenvalue weighted by molar-refractivity contribution is 5.43. The molecule has 2 aromatic carbocycles. The molecule has 0 radical (unpaired) electrons. The van der Waals surface area contributed by atoms with Crippen molar-refractivity contribution in [3.8, 4) is 11.5 Å². The van der Waals surface area contributed by atoms with Gasteiger partial charge in [-0.3, -0.25) is 0 Å². The molecular weight excluding hydrogens is 262 g/mol. The predicted octanol–water partition coefficient (Wildman–Crippen LogP) is 3.94. The summed E-state index contributed by atoms with van der Waals surface area (Å²) in [6, 6.07) is 16.8. The second-order valence-corrected chi connectivity index (χ2v) is 4.93. The van der Waals surface area contributed by atoms with Gasteiger partial charge in [-0.05, 0) is 37.1 Å². The molecule has 2 rings (SSSR count). The Balaban J connectivity index is 2.01. The molecule has 3 heteroatoms. The maximum Gasteiger partial charge on any atom is 0.161 e. The average molecular weight is 285 g/mol. The Bertz CT molecular complexity index is 554. The zero-order valence-corrected chi connectivity index (χ0v) is 12.9. The molecule has 0 saturated carbocycles. The lowest BCUT2D eigenvalue weighted by molar-refractivity contribution is 0.310. The third-order valence-electron chi connectivity index (χ3n) is 3.44. The maximum atomic E-state index is 5.61. The van der Waals surface area contributed by atoms with Crippen LogP contribution in [0.4, 0.5) is 0 Å². The summed E-state index contributed by atoms with van der Waals surface area (Å²) in [5.41, 5.74) is 2.47. The van der Waals surface area contributed by atoms with E-state index in [1.165, 1.54) is 11.1 Å². The normalized spacial score (nSPS) is 12.0. The summed E-state index contributed by atoms with van der Waals surface area (Å²) in [5, 5.41) is 3.53. The van der Waals surface area contributed by atoms with Crippen molar-refractivity contribution in [3.05, 3.63) is 59.7 Å². The van der Waals surface area contributed by atoms with E-state index in [0.717, 1.165) is 18.0 Å². The zero-order chi connectivity index (χ0) is 15.1. The van der Waals surface area contributed by atoms with Crippen molar-refractivity contribution in [2.75, 3.05) is 13.7 Å². The minimum atomic E-state index is 0.309. The summed E-state index contributed by atoms with van der Waals surface area (Å²) in [6.07, 6.45) is 0. The van der Waals surface area contributed by atoms with Gasteiger partial charge in [0.25, 0.3) is 0 Å². The number of ether oxygens (including phenoxy) is 2. The van der Waals surface area contributed by atoms with Gasteiger partial charge < -0.3 is 14.8 Å². The first kappa shape index (κ1) is 15.4. The first-order valence-corrected chi connectivity index (χ1v) is 7.32. The Kier molecular flexibility index (Phi) is 5.64. The molecule has 0 amide bonds. The van der Waals surface area contributed by atoms with E-state index in [9.17, 15) is 0 Å². The molecule has 0 aliphatic carbocycles. The molecule has 0 aliphatic heterocycles. The summed E-state index contributed by atoms with van der Waals surface area (Å²) in [5.74, 6) is 1.57. The Morgan fingerprint density at radius 1 is 1.05 bits per heavy atom. The van der Waals surface area contributed by atoms with Crippen LogP contribution >= 0.6 is 0 Å². The van der Waals surface area contributed by atoms with Gasteiger partial charge in [0, 0.05) is 12.6 Å². The van der Waals surface area contributed by atoms with Crippen LogP contribution < -0.4 is 14.8 Å². The standard InChI is InChI=1S/C18H23NO2/c1-4-21-18-12-15(10-11-17(18)20-3)13-19-14(2)16-8-6-5-7-9-16/h5-12,14,19H,4,13H2,1-3H3/t14-/m0/s1. The molecule has 0 aliphatic rings. The monoisotopic (exact) mass is 285 g/mol. The second-order valence-electron chi connectivity index (χ2n) is 4.93. The van der Waals surface area contributed by atoms with Gasteiger partial charge in [-0.2, -0.15) is 0 Å². The molecule has 21 heavy (non-hydrogen) atoms. The van der Waals surface area contributed by atoms with Crippen molar-refractivity contribution in [3.63, 3.8) is 0 Å². The number of nitrogens with one attached hydrogen (secondary N) is 1. The molecular formula is C18H23NO2. The molecule has 1 N–H and O–H groups in total. The molecule has 3 nitrogen and oxygen atoms in total. The van der Waals surface area contributed by atoms with E-state index < -0.39 is 0 Å². The Hall–Kier alpha value is -2.00. The third-order valence-corrected chi connectivity index (χ3v) is 3.44. The first-order chi connectivity index (χ1) is 10.2. The molecule has 0 fully saturated rings. The highest BCUT2D eigenvalue weighted by Crippen LogP contribution is 2.28. The lowest BCUT2D eigenvalue weighted by Crippen LogP contribution is -2.18. The van der Waals surface area contributed by atoms with Crippen molar-refractivity contribution >= 4 is 0 Å². The van der Waals surface area contributed by atoms with E-state index in [1.807, 2.05) is 25.1 Å². The molecule has 0 bridgehead atoms. The van der Waals surface area contributed by atoms with Gasteiger partial charge in [0.15, 0.2) is 11.5 Å². The van der Waals surface area contributed by atoms with Crippen LogP contribution in [0.2, 0.25) is 0 Å². The molecule has 0 unspecified atom stereocenters. The summed E-state index contributed by atoms with van der Waals surface area (Å²) in [7, 11) is 1.66. The van der Waals surface area contributed by atoms with E-state index in [1.54, 1.807) is 7.11 Å².